The van der Waals surface area contributed by atoms with Crippen molar-refractivity contribution in [1.82, 2.24) is 14.9 Å². The standard InChI is InChI=1S/C18H33N3/c1-5-10-19-17-8-6-15(14(2)3)13-16(17)7-9-18-20-11-12-21(18)4/h11-12,14-17,19H,5-10,13H2,1-4H3. The maximum Gasteiger partial charge on any atom is 0.108 e. The van der Waals surface area contributed by atoms with Gasteiger partial charge in [0.05, 0.1) is 0 Å². The zero-order valence-electron chi connectivity index (χ0n) is 14.3. The molecule has 1 N–H and O–H groups in total. The monoisotopic (exact) mass is 291 g/mol. The van der Waals surface area contributed by atoms with Crippen molar-refractivity contribution in [2.45, 2.75) is 65.3 Å². The molecule has 120 valence electrons. The van der Waals surface area contributed by atoms with E-state index in [2.05, 4.69) is 48.9 Å². The first-order valence-corrected chi connectivity index (χ1v) is 8.81. The Balaban J connectivity index is 1.93. The number of aromatic nitrogens is 2. The van der Waals surface area contributed by atoms with Crippen LogP contribution in [-0.4, -0.2) is 22.1 Å². The van der Waals surface area contributed by atoms with Crippen molar-refractivity contribution < 1.29 is 0 Å². The van der Waals surface area contributed by atoms with Crippen molar-refractivity contribution in [2.75, 3.05) is 6.54 Å². The molecule has 1 heterocycles. The second-order valence-electron chi connectivity index (χ2n) is 7.13. The number of hydrogen-bond donors (Lipinski definition) is 1. The SMILES string of the molecule is CCCNC1CCC(C(C)C)CC1CCc1nccn1C. The van der Waals surface area contributed by atoms with E-state index in [0.29, 0.717) is 0 Å². The highest BCUT2D eigenvalue weighted by Gasteiger charge is 2.31. The summed E-state index contributed by atoms with van der Waals surface area (Å²) in [6.45, 7) is 8.20. The van der Waals surface area contributed by atoms with Gasteiger partial charge in [-0.2, -0.15) is 0 Å². The molecule has 0 radical (unpaired) electrons. The lowest BCUT2D eigenvalue weighted by Gasteiger charge is -2.38. The Morgan fingerprint density at radius 3 is 2.81 bits per heavy atom. The third-order valence-corrected chi connectivity index (χ3v) is 5.28. The van der Waals surface area contributed by atoms with Crippen LogP contribution in [-0.2, 0) is 13.5 Å². The Bertz CT molecular complexity index is 410. The Morgan fingerprint density at radius 1 is 1.38 bits per heavy atom. The number of aryl methyl sites for hydroxylation is 2. The summed E-state index contributed by atoms with van der Waals surface area (Å²) in [5.74, 6) is 3.79. The topological polar surface area (TPSA) is 29.9 Å². The molecule has 21 heavy (non-hydrogen) atoms. The van der Waals surface area contributed by atoms with E-state index in [-0.39, 0.29) is 0 Å². The molecule has 0 bridgehead atoms. The van der Waals surface area contributed by atoms with E-state index in [1.165, 1.54) is 37.9 Å². The summed E-state index contributed by atoms with van der Waals surface area (Å²) >= 11 is 0. The van der Waals surface area contributed by atoms with Gasteiger partial charge in [0.2, 0.25) is 0 Å². The number of imidazole rings is 1. The molecule has 1 aliphatic rings. The van der Waals surface area contributed by atoms with Gasteiger partial charge in [-0.3, -0.25) is 0 Å². The molecule has 0 aromatic carbocycles. The molecule has 1 saturated carbocycles. The van der Waals surface area contributed by atoms with Crippen molar-refractivity contribution in [3.63, 3.8) is 0 Å². The van der Waals surface area contributed by atoms with Crippen molar-refractivity contribution in [3.8, 4) is 0 Å². The molecule has 0 saturated heterocycles. The van der Waals surface area contributed by atoms with Gasteiger partial charge >= 0.3 is 0 Å². The lowest BCUT2D eigenvalue weighted by atomic mass is 9.72. The number of nitrogens with zero attached hydrogens (tertiary/aromatic N) is 2. The van der Waals surface area contributed by atoms with Gasteiger partial charge in [-0.25, -0.2) is 4.98 Å². The smallest absolute Gasteiger partial charge is 0.108 e. The molecule has 1 aromatic heterocycles. The average Bonchev–Trinajstić information content (AvgIpc) is 2.88. The van der Waals surface area contributed by atoms with Gasteiger partial charge in [0.1, 0.15) is 5.82 Å². The van der Waals surface area contributed by atoms with Crippen LogP contribution in [0.25, 0.3) is 0 Å². The van der Waals surface area contributed by atoms with Crippen LogP contribution in [0.3, 0.4) is 0 Å². The normalized spacial score (nSPS) is 26.4. The molecule has 1 fully saturated rings. The van der Waals surface area contributed by atoms with Crippen LogP contribution in [0, 0.1) is 17.8 Å². The minimum Gasteiger partial charge on any atom is -0.338 e. The second-order valence-corrected chi connectivity index (χ2v) is 7.13. The van der Waals surface area contributed by atoms with Crippen LogP contribution in [0.1, 0.15) is 58.7 Å². The van der Waals surface area contributed by atoms with Crippen LogP contribution < -0.4 is 5.32 Å². The fourth-order valence-corrected chi connectivity index (χ4v) is 3.78. The molecular weight excluding hydrogens is 258 g/mol. The van der Waals surface area contributed by atoms with E-state index in [1.54, 1.807) is 0 Å². The summed E-state index contributed by atoms with van der Waals surface area (Å²) in [5.41, 5.74) is 0. The fourth-order valence-electron chi connectivity index (χ4n) is 3.78. The van der Waals surface area contributed by atoms with Crippen LogP contribution in [0.4, 0.5) is 0 Å². The molecule has 0 aliphatic heterocycles. The van der Waals surface area contributed by atoms with Gasteiger partial charge in [-0.1, -0.05) is 20.8 Å². The molecule has 3 heteroatoms. The largest absolute Gasteiger partial charge is 0.338 e. The first-order valence-electron chi connectivity index (χ1n) is 8.81. The summed E-state index contributed by atoms with van der Waals surface area (Å²) in [4.78, 5) is 4.48. The molecular formula is C18H33N3. The summed E-state index contributed by atoms with van der Waals surface area (Å²) in [6.07, 6.45) is 11.7. The number of hydrogen-bond acceptors (Lipinski definition) is 2. The molecule has 0 amide bonds. The highest BCUT2D eigenvalue weighted by molar-refractivity contribution is 4.94. The first-order chi connectivity index (χ1) is 10.1. The highest BCUT2D eigenvalue weighted by Crippen LogP contribution is 2.36. The predicted octanol–water partition coefficient (Wildman–Crippen LogP) is 3.79. The molecule has 1 aliphatic carbocycles. The van der Waals surface area contributed by atoms with Gasteiger partial charge in [-0.15, -0.1) is 0 Å². The summed E-state index contributed by atoms with van der Waals surface area (Å²) in [5, 5.41) is 3.80. The first kappa shape index (κ1) is 16.5. The van der Waals surface area contributed by atoms with Gasteiger partial charge in [-0.05, 0) is 56.4 Å². The molecule has 1 aromatic rings. The van der Waals surface area contributed by atoms with Gasteiger partial charge in [0.15, 0.2) is 0 Å². The van der Waals surface area contributed by atoms with Crippen molar-refractivity contribution in [2.24, 2.45) is 24.8 Å². The molecule has 3 atom stereocenters. The Kier molecular flexibility index (Phi) is 6.28. The van der Waals surface area contributed by atoms with Crippen molar-refractivity contribution >= 4 is 0 Å². The van der Waals surface area contributed by atoms with E-state index in [9.17, 15) is 0 Å². The third kappa shape index (κ3) is 4.57. The summed E-state index contributed by atoms with van der Waals surface area (Å²) in [6, 6.07) is 0.722. The quantitative estimate of drug-likeness (QED) is 0.828. The molecule has 3 unspecified atom stereocenters. The van der Waals surface area contributed by atoms with Crippen LogP contribution in [0.15, 0.2) is 12.4 Å². The Morgan fingerprint density at radius 2 is 2.19 bits per heavy atom. The third-order valence-electron chi connectivity index (χ3n) is 5.28. The number of rotatable bonds is 7. The van der Waals surface area contributed by atoms with E-state index in [0.717, 1.165) is 36.8 Å². The van der Waals surface area contributed by atoms with E-state index >= 15 is 0 Å². The lowest BCUT2D eigenvalue weighted by Crippen LogP contribution is -2.42. The zero-order chi connectivity index (χ0) is 15.2. The van der Waals surface area contributed by atoms with Crippen molar-refractivity contribution in [1.29, 1.82) is 0 Å². The average molecular weight is 291 g/mol. The molecule has 0 spiro atoms. The highest BCUT2D eigenvalue weighted by atomic mass is 15.0. The van der Waals surface area contributed by atoms with Crippen LogP contribution in [0.2, 0.25) is 0 Å². The maximum atomic E-state index is 4.48. The predicted molar refractivity (Wildman–Crippen MR) is 89.3 cm³/mol. The van der Waals surface area contributed by atoms with Crippen LogP contribution >= 0.6 is 0 Å². The van der Waals surface area contributed by atoms with Gasteiger partial charge in [0, 0.05) is 31.9 Å². The van der Waals surface area contributed by atoms with Gasteiger partial charge in [0.25, 0.3) is 0 Å². The Hall–Kier alpha value is -0.830. The van der Waals surface area contributed by atoms with E-state index in [4.69, 9.17) is 0 Å². The minimum absolute atomic E-state index is 0.722. The maximum absolute atomic E-state index is 4.48. The summed E-state index contributed by atoms with van der Waals surface area (Å²) < 4.78 is 2.16. The van der Waals surface area contributed by atoms with Crippen LogP contribution in [0.5, 0.6) is 0 Å². The minimum atomic E-state index is 0.722. The van der Waals surface area contributed by atoms with Gasteiger partial charge < -0.3 is 9.88 Å². The summed E-state index contributed by atoms with van der Waals surface area (Å²) in [7, 11) is 2.10. The second kappa shape index (κ2) is 7.98. The molecule has 3 nitrogen and oxygen atoms in total. The molecule has 2 rings (SSSR count). The Labute approximate surface area is 130 Å². The van der Waals surface area contributed by atoms with E-state index < -0.39 is 0 Å². The fraction of sp³-hybridized carbons (Fsp3) is 0.833. The number of nitrogens with one attached hydrogen (secondary N) is 1. The van der Waals surface area contributed by atoms with E-state index in [1.807, 2.05) is 6.20 Å². The van der Waals surface area contributed by atoms with Crippen molar-refractivity contribution in [3.05, 3.63) is 18.2 Å². The zero-order valence-corrected chi connectivity index (χ0v) is 14.3. The lowest BCUT2D eigenvalue weighted by molar-refractivity contribution is 0.160.